The van der Waals surface area contributed by atoms with Crippen molar-refractivity contribution in [3.05, 3.63) is 12.7 Å². The molecule has 0 aliphatic heterocycles. The zero-order valence-corrected chi connectivity index (χ0v) is 11.1. The minimum absolute atomic E-state index is 0.263. The van der Waals surface area contributed by atoms with E-state index in [1.54, 1.807) is 7.11 Å². The van der Waals surface area contributed by atoms with Gasteiger partial charge in [0, 0.05) is 13.5 Å². The Hall–Kier alpha value is -0.630. The van der Waals surface area contributed by atoms with Gasteiger partial charge in [-0.1, -0.05) is 26.3 Å². The van der Waals surface area contributed by atoms with Crippen LogP contribution in [0.15, 0.2) is 12.7 Å². The van der Waals surface area contributed by atoms with Gasteiger partial charge >= 0.3 is 0 Å². The highest BCUT2D eigenvalue weighted by molar-refractivity contribution is 5.87. The van der Waals surface area contributed by atoms with Crippen LogP contribution < -0.4 is 0 Å². The standard InChI is InChI=1S/C14H26O2/c1-5-8-9-10-11-12-13(15)14(6-2,7-3)16-4/h5H,1,6-12H2,2-4H3. The second-order valence-electron chi connectivity index (χ2n) is 4.22. The zero-order chi connectivity index (χ0) is 12.4. The normalized spacial score (nSPS) is 11.4. The van der Waals surface area contributed by atoms with Gasteiger partial charge in [-0.25, -0.2) is 0 Å². The summed E-state index contributed by atoms with van der Waals surface area (Å²) in [7, 11) is 1.64. The monoisotopic (exact) mass is 226 g/mol. The Morgan fingerprint density at radius 1 is 1.25 bits per heavy atom. The molecule has 2 heteroatoms. The molecule has 0 N–H and O–H groups in total. The quantitative estimate of drug-likeness (QED) is 0.417. The van der Waals surface area contributed by atoms with Crippen molar-refractivity contribution in [2.45, 2.75) is 64.4 Å². The molecule has 0 rings (SSSR count). The topological polar surface area (TPSA) is 26.3 Å². The Balaban J connectivity index is 3.97. The molecule has 0 aromatic carbocycles. The van der Waals surface area contributed by atoms with Crippen molar-refractivity contribution in [3.8, 4) is 0 Å². The van der Waals surface area contributed by atoms with Crippen LogP contribution in [0.2, 0.25) is 0 Å². The number of ketones is 1. The predicted molar refractivity (Wildman–Crippen MR) is 68.6 cm³/mol. The van der Waals surface area contributed by atoms with Crippen molar-refractivity contribution in [2.75, 3.05) is 7.11 Å². The summed E-state index contributed by atoms with van der Waals surface area (Å²) in [6, 6.07) is 0. The summed E-state index contributed by atoms with van der Waals surface area (Å²) in [6.07, 6.45) is 8.37. The van der Waals surface area contributed by atoms with Crippen LogP contribution >= 0.6 is 0 Å². The second-order valence-corrected chi connectivity index (χ2v) is 4.22. The van der Waals surface area contributed by atoms with Gasteiger partial charge in [0.2, 0.25) is 0 Å². The molecule has 0 radical (unpaired) electrons. The molecule has 0 spiro atoms. The van der Waals surface area contributed by atoms with Gasteiger partial charge in [-0.05, 0) is 32.1 Å². The van der Waals surface area contributed by atoms with Crippen LogP contribution in [0.1, 0.15) is 58.8 Å². The third-order valence-corrected chi connectivity index (χ3v) is 3.35. The summed E-state index contributed by atoms with van der Waals surface area (Å²) >= 11 is 0. The van der Waals surface area contributed by atoms with Gasteiger partial charge in [0.25, 0.3) is 0 Å². The third-order valence-electron chi connectivity index (χ3n) is 3.35. The van der Waals surface area contributed by atoms with E-state index in [2.05, 4.69) is 6.58 Å². The highest BCUT2D eigenvalue weighted by Crippen LogP contribution is 2.23. The van der Waals surface area contributed by atoms with E-state index in [9.17, 15) is 4.79 Å². The average Bonchev–Trinajstić information content (AvgIpc) is 2.32. The lowest BCUT2D eigenvalue weighted by Gasteiger charge is -2.28. The van der Waals surface area contributed by atoms with E-state index >= 15 is 0 Å². The van der Waals surface area contributed by atoms with E-state index < -0.39 is 5.60 Å². The molecular weight excluding hydrogens is 200 g/mol. The first-order valence-electron chi connectivity index (χ1n) is 6.36. The molecule has 0 aromatic heterocycles. The molecule has 94 valence electrons. The highest BCUT2D eigenvalue weighted by atomic mass is 16.5. The first-order chi connectivity index (χ1) is 7.66. The zero-order valence-electron chi connectivity index (χ0n) is 11.1. The maximum absolute atomic E-state index is 12.0. The maximum atomic E-state index is 12.0. The second kappa shape index (κ2) is 8.51. The van der Waals surface area contributed by atoms with Gasteiger partial charge in [0.1, 0.15) is 5.60 Å². The van der Waals surface area contributed by atoms with Gasteiger partial charge in [-0.2, -0.15) is 0 Å². The number of methoxy groups -OCH3 is 1. The SMILES string of the molecule is C=CCCCCCC(=O)C(CC)(CC)OC. The van der Waals surface area contributed by atoms with Gasteiger partial charge in [0.15, 0.2) is 5.78 Å². The lowest BCUT2D eigenvalue weighted by molar-refractivity contribution is -0.142. The van der Waals surface area contributed by atoms with Crippen molar-refractivity contribution in [1.29, 1.82) is 0 Å². The van der Waals surface area contributed by atoms with Crippen molar-refractivity contribution in [1.82, 2.24) is 0 Å². The summed E-state index contributed by atoms with van der Waals surface area (Å²) < 4.78 is 5.41. The molecule has 0 amide bonds. The number of carbonyl (C=O) groups is 1. The predicted octanol–water partition coefficient (Wildman–Crippen LogP) is 3.90. The Kier molecular flexibility index (Phi) is 8.18. The molecule has 2 nitrogen and oxygen atoms in total. The molecule has 0 aliphatic rings. The summed E-state index contributed by atoms with van der Waals surface area (Å²) in [5.41, 5.74) is -0.529. The summed E-state index contributed by atoms with van der Waals surface area (Å²) in [6.45, 7) is 7.72. The number of unbranched alkanes of at least 4 members (excludes halogenated alkanes) is 3. The van der Waals surface area contributed by atoms with E-state index in [0.717, 1.165) is 38.5 Å². The number of hydrogen-bond donors (Lipinski definition) is 0. The fraction of sp³-hybridized carbons (Fsp3) is 0.786. The first kappa shape index (κ1) is 15.4. The summed E-state index contributed by atoms with van der Waals surface area (Å²) in [5.74, 6) is 0.263. The Morgan fingerprint density at radius 3 is 2.31 bits per heavy atom. The number of ether oxygens (including phenoxy) is 1. The average molecular weight is 226 g/mol. The van der Waals surface area contributed by atoms with Crippen LogP contribution in [-0.2, 0) is 9.53 Å². The molecule has 0 heterocycles. The molecule has 16 heavy (non-hydrogen) atoms. The minimum Gasteiger partial charge on any atom is -0.370 e. The lowest BCUT2D eigenvalue weighted by Crippen LogP contribution is -2.39. The van der Waals surface area contributed by atoms with Crippen molar-refractivity contribution in [2.24, 2.45) is 0 Å². The third kappa shape index (κ3) is 4.48. The molecule has 0 fully saturated rings. The van der Waals surface area contributed by atoms with Crippen LogP contribution in [0.25, 0.3) is 0 Å². The van der Waals surface area contributed by atoms with E-state index in [1.165, 1.54) is 0 Å². The lowest BCUT2D eigenvalue weighted by atomic mass is 9.89. The molecule has 0 bridgehead atoms. The smallest absolute Gasteiger partial charge is 0.164 e. The Morgan fingerprint density at radius 2 is 1.88 bits per heavy atom. The van der Waals surface area contributed by atoms with Crippen molar-refractivity contribution in [3.63, 3.8) is 0 Å². The van der Waals surface area contributed by atoms with Gasteiger partial charge < -0.3 is 4.74 Å². The first-order valence-corrected chi connectivity index (χ1v) is 6.36. The molecular formula is C14H26O2. The maximum Gasteiger partial charge on any atom is 0.164 e. The number of rotatable bonds is 10. The molecule has 0 saturated heterocycles. The molecule has 0 atom stereocenters. The molecule has 0 aliphatic carbocycles. The van der Waals surface area contributed by atoms with E-state index in [1.807, 2.05) is 19.9 Å². The molecule has 0 aromatic rings. The van der Waals surface area contributed by atoms with Crippen LogP contribution in [-0.4, -0.2) is 18.5 Å². The van der Waals surface area contributed by atoms with Gasteiger partial charge in [0.05, 0.1) is 0 Å². The van der Waals surface area contributed by atoms with Gasteiger partial charge in [-0.3, -0.25) is 4.79 Å². The van der Waals surface area contributed by atoms with Crippen LogP contribution in [0.3, 0.4) is 0 Å². The Labute approximate surface area is 100 Å². The van der Waals surface area contributed by atoms with Crippen LogP contribution in [0, 0.1) is 0 Å². The number of hydrogen-bond acceptors (Lipinski definition) is 2. The summed E-state index contributed by atoms with van der Waals surface area (Å²) in [4.78, 5) is 12.0. The molecule has 0 unspecified atom stereocenters. The van der Waals surface area contributed by atoms with E-state index in [0.29, 0.717) is 6.42 Å². The number of allylic oxidation sites excluding steroid dienone is 1. The van der Waals surface area contributed by atoms with E-state index in [4.69, 9.17) is 4.74 Å². The minimum atomic E-state index is -0.529. The van der Waals surface area contributed by atoms with Crippen LogP contribution in [0.5, 0.6) is 0 Å². The van der Waals surface area contributed by atoms with E-state index in [-0.39, 0.29) is 5.78 Å². The summed E-state index contributed by atoms with van der Waals surface area (Å²) in [5, 5.41) is 0. The highest BCUT2D eigenvalue weighted by Gasteiger charge is 2.33. The molecule has 0 saturated carbocycles. The fourth-order valence-corrected chi connectivity index (χ4v) is 2.03. The largest absolute Gasteiger partial charge is 0.370 e. The van der Waals surface area contributed by atoms with Crippen molar-refractivity contribution >= 4 is 5.78 Å². The number of Topliss-reactive ketones (excluding diaryl/α,β-unsaturated/α-hetero) is 1. The van der Waals surface area contributed by atoms with Crippen molar-refractivity contribution < 1.29 is 9.53 Å². The number of carbonyl (C=O) groups excluding carboxylic acids is 1. The fourth-order valence-electron chi connectivity index (χ4n) is 2.03. The van der Waals surface area contributed by atoms with Crippen LogP contribution in [0.4, 0.5) is 0 Å². The Bertz CT molecular complexity index is 197. The van der Waals surface area contributed by atoms with Gasteiger partial charge in [-0.15, -0.1) is 6.58 Å².